The van der Waals surface area contributed by atoms with E-state index in [1.54, 1.807) is 31.3 Å². The molecule has 2 aromatic carbocycles. The Balaban J connectivity index is 1.51. The fourth-order valence-electron chi connectivity index (χ4n) is 5.01. The predicted octanol–water partition coefficient (Wildman–Crippen LogP) is 4.30. The molecule has 2 aromatic heterocycles. The molecule has 0 unspecified atom stereocenters. The monoisotopic (exact) mass is 485 g/mol. The number of piperazine rings is 1. The molecule has 36 heavy (non-hydrogen) atoms. The van der Waals surface area contributed by atoms with Gasteiger partial charge >= 0.3 is 0 Å². The Morgan fingerprint density at radius 1 is 0.889 bits per heavy atom. The van der Waals surface area contributed by atoms with Crippen LogP contribution in [0.4, 0.5) is 14.5 Å². The summed E-state index contributed by atoms with van der Waals surface area (Å²) in [5, 5.41) is 9.88. The minimum Gasteiger partial charge on any atom is -0.366 e. The number of benzene rings is 2. The fraction of sp³-hybridized carbons (Fsp3) is 0.250. The van der Waals surface area contributed by atoms with Crippen LogP contribution in [0, 0.1) is 29.9 Å². The van der Waals surface area contributed by atoms with Crippen LogP contribution >= 0.6 is 0 Å². The topological polar surface area (TPSA) is 65.2 Å². The Bertz CT molecular complexity index is 1470. The van der Waals surface area contributed by atoms with E-state index in [4.69, 9.17) is 4.98 Å². The van der Waals surface area contributed by atoms with Crippen LogP contribution in [-0.4, -0.2) is 40.6 Å². The second kappa shape index (κ2) is 9.51. The average molecular weight is 486 g/mol. The van der Waals surface area contributed by atoms with E-state index in [0.29, 0.717) is 42.9 Å². The SMILES string of the molecule is Cc1ccc2c(n1)c(N1CCN(C(c3ccc(F)cc3)c3ccc(F)cc3)CC1)c(C#N)c(=O)n2C. The maximum atomic E-state index is 13.6. The normalized spacial score (nSPS) is 14.4. The molecule has 1 aliphatic heterocycles. The van der Waals surface area contributed by atoms with Gasteiger partial charge in [0.2, 0.25) is 0 Å². The van der Waals surface area contributed by atoms with Crippen molar-refractivity contribution in [1.29, 1.82) is 5.26 Å². The van der Waals surface area contributed by atoms with Gasteiger partial charge in [-0.25, -0.2) is 13.8 Å². The van der Waals surface area contributed by atoms with Gasteiger partial charge in [0.1, 0.15) is 28.8 Å². The minimum atomic E-state index is -0.344. The van der Waals surface area contributed by atoms with Crippen molar-refractivity contribution in [2.24, 2.45) is 7.05 Å². The van der Waals surface area contributed by atoms with Crippen LogP contribution in [-0.2, 0) is 7.05 Å². The van der Waals surface area contributed by atoms with Crippen LogP contribution < -0.4 is 10.5 Å². The van der Waals surface area contributed by atoms with Crippen LogP contribution in [0.1, 0.15) is 28.4 Å². The number of aryl methyl sites for hydroxylation is 2. The van der Waals surface area contributed by atoms with E-state index in [2.05, 4.69) is 15.9 Å². The summed E-state index contributed by atoms with van der Waals surface area (Å²) >= 11 is 0. The Morgan fingerprint density at radius 2 is 1.44 bits per heavy atom. The third-order valence-electron chi connectivity index (χ3n) is 6.83. The van der Waals surface area contributed by atoms with E-state index in [9.17, 15) is 18.8 Å². The molecule has 0 bridgehead atoms. The lowest BCUT2D eigenvalue weighted by atomic mass is 9.96. The molecule has 0 saturated carbocycles. The Kier molecular flexibility index (Phi) is 6.25. The molecule has 1 saturated heterocycles. The molecule has 0 spiro atoms. The molecule has 6 nitrogen and oxygen atoms in total. The summed E-state index contributed by atoms with van der Waals surface area (Å²) in [6, 6.07) is 18.4. The highest BCUT2D eigenvalue weighted by Crippen LogP contribution is 2.33. The number of aromatic nitrogens is 2. The van der Waals surface area contributed by atoms with Crippen molar-refractivity contribution in [3.63, 3.8) is 0 Å². The maximum absolute atomic E-state index is 13.6. The van der Waals surface area contributed by atoms with E-state index in [1.807, 2.05) is 19.1 Å². The summed E-state index contributed by atoms with van der Waals surface area (Å²) in [4.78, 5) is 22.0. The first-order valence-corrected chi connectivity index (χ1v) is 11.8. The molecule has 5 rings (SSSR count). The number of nitriles is 1. The summed E-state index contributed by atoms with van der Waals surface area (Å²) in [7, 11) is 1.65. The molecule has 0 atom stereocenters. The molecule has 4 aromatic rings. The Labute approximate surface area is 207 Å². The summed E-state index contributed by atoms with van der Waals surface area (Å²) < 4.78 is 28.8. The molecule has 3 heterocycles. The number of hydrogen-bond donors (Lipinski definition) is 0. The zero-order chi connectivity index (χ0) is 25.4. The number of hydrogen-bond acceptors (Lipinski definition) is 5. The highest BCUT2D eigenvalue weighted by Gasteiger charge is 2.29. The molecular formula is C28H25F2N5O. The summed E-state index contributed by atoms with van der Waals surface area (Å²) in [6.45, 7) is 4.24. The zero-order valence-corrected chi connectivity index (χ0v) is 20.1. The fourth-order valence-corrected chi connectivity index (χ4v) is 5.01. The molecule has 1 fully saturated rings. The van der Waals surface area contributed by atoms with Gasteiger partial charge in [-0.1, -0.05) is 24.3 Å². The molecule has 8 heteroatoms. The van der Waals surface area contributed by atoms with Crippen molar-refractivity contribution in [2.75, 3.05) is 31.1 Å². The number of anilines is 1. The first-order chi connectivity index (χ1) is 17.4. The van der Waals surface area contributed by atoms with Gasteiger partial charge in [0, 0.05) is 38.9 Å². The van der Waals surface area contributed by atoms with E-state index in [1.165, 1.54) is 28.8 Å². The molecule has 0 N–H and O–H groups in total. The first kappa shape index (κ1) is 23.6. The van der Waals surface area contributed by atoms with E-state index in [-0.39, 0.29) is 28.8 Å². The first-order valence-electron chi connectivity index (χ1n) is 11.8. The van der Waals surface area contributed by atoms with Crippen molar-refractivity contribution < 1.29 is 8.78 Å². The van der Waals surface area contributed by atoms with Crippen molar-refractivity contribution in [2.45, 2.75) is 13.0 Å². The van der Waals surface area contributed by atoms with Crippen LogP contribution in [0.15, 0.2) is 65.5 Å². The van der Waals surface area contributed by atoms with Crippen LogP contribution in [0.3, 0.4) is 0 Å². The summed E-state index contributed by atoms with van der Waals surface area (Å²) in [5.74, 6) is -0.628. The van der Waals surface area contributed by atoms with Crippen molar-refractivity contribution >= 4 is 16.7 Å². The third kappa shape index (κ3) is 4.23. The number of rotatable bonds is 4. The quantitative estimate of drug-likeness (QED) is 0.431. The molecular weight excluding hydrogens is 460 g/mol. The van der Waals surface area contributed by atoms with Gasteiger partial charge in [0.05, 0.1) is 17.2 Å². The Hall–Kier alpha value is -4.09. The average Bonchev–Trinajstić information content (AvgIpc) is 2.89. The van der Waals surface area contributed by atoms with Crippen molar-refractivity contribution in [3.05, 3.63) is 105 Å². The smallest absolute Gasteiger partial charge is 0.270 e. The standard InChI is InChI=1S/C28H25F2N5O/c1-18-3-12-24-25(32-18)27(23(17-31)28(36)33(24)2)35-15-13-34(14-16-35)26(19-4-8-21(29)9-5-19)20-6-10-22(30)11-7-20/h3-12,26H,13-16H2,1-2H3. The third-order valence-corrected chi connectivity index (χ3v) is 6.83. The highest BCUT2D eigenvalue weighted by atomic mass is 19.1. The summed E-state index contributed by atoms with van der Waals surface area (Å²) in [5.41, 5.74) is 4.25. The van der Waals surface area contributed by atoms with E-state index < -0.39 is 0 Å². The minimum absolute atomic E-state index is 0.0881. The second-order valence-electron chi connectivity index (χ2n) is 9.05. The second-order valence-corrected chi connectivity index (χ2v) is 9.05. The highest BCUT2D eigenvalue weighted by molar-refractivity contribution is 5.91. The van der Waals surface area contributed by atoms with Gasteiger partial charge in [-0.3, -0.25) is 9.69 Å². The van der Waals surface area contributed by atoms with Crippen LogP contribution in [0.5, 0.6) is 0 Å². The van der Waals surface area contributed by atoms with Crippen molar-refractivity contribution in [1.82, 2.24) is 14.5 Å². The summed E-state index contributed by atoms with van der Waals surface area (Å²) in [6.07, 6.45) is 0. The Morgan fingerprint density at radius 3 is 1.97 bits per heavy atom. The van der Waals surface area contributed by atoms with Gasteiger partial charge in [0.25, 0.3) is 5.56 Å². The van der Waals surface area contributed by atoms with E-state index >= 15 is 0 Å². The van der Waals surface area contributed by atoms with Gasteiger partial charge < -0.3 is 9.47 Å². The lowest BCUT2D eigenvalue weighted by Gasteiger charge is -2.41. The maximum Gasteiger partial charge on any atom is 0.270 e. The zero-order valence-electron chi connectivity index (χ0n) is 20.1. The van der Waals surface area contributed by atoms with Crippen LogP contribution in [0.25, 0.3) is 11.0 Å². The van der Waals surface area contributed by atoms with E-state index in [0.717, 1.165) is 16.8 Å². The predicted molar refractivity (Wildman–Crippen MR) is 135 cm³/mol. The van der Waals surface area contributed by atoms with Gasteiger partial charge in [-0.2, -0.15) is 5.26 Å². The largest absolute Gasteiger partial charge is 0.366 e. The molecule has 1 aliphatic rings. The van der Waals surface area contributed by atoms with Gasteiger partial charge in [-0.15, -0.1) is 0 Å². The van der Waals surface area contributed by atoms with Crippen LogP contribution in [0.2, 0.25) is 0 Å². The van der Waals surface area contributed by atoms with Crippen molar-refractivity contribution in [3.8, 4) is 6.07 Å². The van der Waals surface area contributed by atoms with Gasteiger partial charge in [0.15, 0.2) is 0 Å². The molecule has 0 aliphatic carbocycles. The lowest BCUT2D eigenvalue weighted by molar-refractivity contribution is 0.212. The lowest BCUT2D eigenvalue weighted by Crippen LogP contribution is -2.48. The molecule has 0 radical (unpaired) electrons. The molecule has 0 amide bonds. The number of nitrogens with zero attached hydrogens (tertiary/aromatic N) is 5. The number of fused-ring (bicyclic) bond motifs is 1. The number of halogens is 2. The molecule has 182 valence electrons. The number of pyridine rings is 2. The van der Waals surface area contributed by atoms with Gasteiger partial charge in [-0.05, 0) is 54.4 Å².